The van der Waals surface area contributed by atoms with Crippen molar-refractivity contribution in [3.63, 3.8) is 0 Å². The number of aliphatic hydroxyl groups excluding tert-OH is 1. The van der Waals surface area contributed by atoms with Crippen LogP contribution in [0.2, 0.25) is 0 Å². The van der Waals surface area contributed by atoms with Crippen molar-refractivity contribution in [2.75, 3.05) is 19.7 Å². The largest absolute Gasteiger partial charge is 0.490 e. The molecule has 0 saturated heterocycles. The first-order valence-electron chi connectivity index (χ1n) is 11.8. The molecule has 0 aromatic heterocycles. The third kappa shape index (κ3) is 6.99. The molecule has 0 aliphatic carbocycles. The summed E-state index contributed by atoms with van der Waals surface area (Å²) in [4.78, 5) is 0. The Bertz CT molecular complexity index is 1220. The van der Waals surface area contributed by atoms with Gasteiger partial charge >= 0.3 is 6.18 Å². The van der Waals surface area contributed by atoms with Crippen LogP contribution in [0.25, 0.3) is 10.8 Å². The molecule has 36 heavy (non-hydrogen) atoms. The smallest absolute Gasteiger partial charge is 0.416 e. The molecule has 7 heteroatoms. The van der Waals surface area contributed by atoms with Crippen molar-refractivity contribution >= 4 is 10.8 Å². The monoisotopic (exact) mass is 495 g/mol. The molecule has 0 aliphatic rings. The number of halogens is 3. The normalized spacial score (nSPS) is 13.3. The van der Waals surface area contributed by atoms with Crippen molar-refractivity contribution in [2.45, 2.75) is 24.8 Å². The maximum absolute atomic E-state index is 12.9. The molecular formula is C29H28F3NO3. The highest BCUT2D eigenvalue weighted by atomic mass is 19.4. The number of hydrogen-bond acceptors (Lipinski definition) is 4. The molecule has 0 radical (unpaired) electrons. The van der Waals surface area contributed by atoms with E-state index >= 15 is 0 Å². The third-order valence-corrected chi connectivity index (χ3v) is 5.78. The summed E-state index contributed by atoms with van der Waals surface area (Å²) in [7, 11) is 0. The summed E-state index contributed by atoms with van der Waals surface area (Å²) < 4.78 is 50.5. The lowest BCUT2D eigenvalue weighted by molar-refractivity contribution is -0.137. The maximum atomic E-state index is 12.9. The van der Waals surface area contributed by atoms with Crippen molar-refractivity contribution in [1.82, 2.24) is 5.32 Å². The molecule has 188 valence electrons. The molecule has 4 rings (SSSR count). The van der Waals surface area contributed by atoms with Crippen LogP contribution in [0, 0.1) is 0 Å². The fourth-order valence-corrected chi connectivity index (χ4v) is 3.92. The number of benzene rings is 4. The van der Waals surface area contributed by atoms with Gasteiger partial charge in [0.15, 0.2) is 0 Å². The summed E-state index contributed by atoms with van der Waals surface area (Å²) in [6.07, 6.45) is -4.91. The maximum Gasteiger partial charge on any atom is 0.416 e. The van der Waals surface area contributed by atoms with Gasteiger partial charge in [-0.05, 0) is 47.8 Å². The summed E-state index contributed by atoms with van der Waals surface area (Å²) in [5.74, 6) is 1.08. The highest BCUT2D eigenvalue weighted by molar-refractivity contribution is 5.88. The van der Waals surface area contributed by atoms with E-state index < -0.39 is 17.8 Å². The number of fused-ring (bicyclic) bond motifs is 1. The molecule has 0 unspecified atom stereocenters. The molecule has 0 saturated carbocycles. The van der Waals surface area contributed by atoms with Gasteiger partial charge < -0.3 is 19.9 Å². The highest BCUT2D eigenvalue weighted by Gasteiger charge is 2.30. The van der Waals surface area contributed by atoms with Gasteiger partial charge in [-0.1, -0.05) is 66.7 Å². The van der Waals surface area contributed by atoms with Crippen LogP contribution in [0.1, 0.15) is 23.7 Å². The highest BCUT2D eigenvalue weighted by Crippen LogP contribution is 2.32. The predicted molar refractivity (Wildman–Crippen MR) is 134 cm³/mol. The quantitative estimate of drug-likeness (QED) is 0.237. The second-order valence-electron chi connectivity index (χ2n) is 8.47. The van der Waals surface area contributed by atoms with Gasteiger partial charge in [-0.25, -0.2) is 0 Å². The second-order valence-corrected chi connectivity index (χ2v) is 8.47. The molecule has 2 atom stereocenters. The van der Waals surface area contributed by atoms with E-state index in [-0.39, 0.29) is 12.7 Å². The van der Waals surface area contributed by atoms with E-state index in [9.17, 15) is 18.3 Å². The van der Waals surface area contributed by atoms with E-state index in [2.05, 4.69) is 5.32 Å². The minimum Gasteiger partial charge on any atom is -0.490 e. The Hall–Kier alpha value is -3.55. The van der Waals surface area contributed by atoms with Crippen molar-refractivity contribution in [3.8, 4) is 11.5 Å². The Morgan fingerprint density at radius 2 is 1.50 bits per heavy atom. The summed E-state index contributed by atoms with van der Waals surface area (Å²) in [5, 5.41) is 15.7. The van der Waals surface area contributed by atoms with E-state index in [0.717, 1.165) is 34.2 Å². The molecule has 4 aromatic carbocycles. The molecule has 4 nitrogen and oxygen atoms in total. The average Bonchev–Trinajstić information content (AvgIpc) is 2.89. The number of aliphatic hydroxyl groups is 1. The van der Waals surface area contributed by atoms with E-state index in [0.29, 0.717) is 25.3 Å². The van der Waals surface area contributed by atoms with E-state index in [4.69, 9.17) is 9.47 Å². The lowest BCUT2D eigenvalue weighted by Crippen LogP contribution is -2.32. The van der Waals surface area contributed by atoms with E-state index in [1.165, 1.54) is 12.1 Å². The first-order chi connectivity index (χ1) is 17.4. The summed E-state index contributed by atoms with van der Waals surface area (Å²) in [6, 6.07) is 27.9. The molecule has 0 heterocycles. The van der Waals surface area contributed by atoms with Crippen molar-refractivity contribution < 1.29 is 27.8 Å². The SMILES string of the molecule is O[C@@H](CNCC[C@H](Oc1ccc(C(F)(F)F)cc1)c1ccccc1)COc1cccc2ccccc12. The Kier molecular flexibility index (Phi) is 8.46. The van der Waals surface area contributed by atoms with Crippen molar-refractivity contribution in [1.29, 1.82) is 0 Å². The number of ether oxygens (including phenoxy) is 2. The standard InChI is InChI=1S/C29H28F3NO3/c30-29(31,32)23-13-15-25(16-14-23)36-27(22-8-2-1-3-9-22)17-18-33-19-24(34)20-35-28-12-6-10-21-7-4-5-11-26(21)28/h1-16,24,27,33-34H,17-20H2/t24-,27-/m0/s1. The number of alkyl halides is 3. The Morgan fingerprint density at radius 3 is 2.25 bits per heavy atom. The molecule has 0 amide bonds. The number of hydrogen-bond donors (Lipinski definition) is 2. The number of nitrogens with one attached hydrogen (secondary N) is 1. The van der Waals surface area contributed by atoms with Gasteiger partial charge in [0.2, 0.25) is 0 Å². The van der Waals surface area contributed by atoms with Gasteiger partial charge in [-0.15, -0.1) is 0 Å². The van der Waals surface area contributed by atoms with Crippen LogP contribution < -0.4 is 14.8 Å². The number of rotatable bonds is 11. The second kappa shape index (κ2) is 11.9. The molecular weight excluding hydrogens is 467 g/mol. The van der Waals surface area contributed by atoms with Gasteiger partial charge in [-0.3, -0.25) is 0 Å². The molecule has 0 fully saturated rings. The fraction of sp³-hybridized carbons (Fsp3) is 0.241. The Morgan fingerprint density at radius 1 is 0.806 bits per heavy atom. The van der Waals surface area contributed by atoms with E-state index in [1.807, 2.05) is 72.8 Å². The van der Waals surface area contributed by atoms with Gasteiger partial charge in [0.25, 0.3) is 0 Å². The minimum atomic E-state index is -4.39. The van der Waals surface area contributed by atoms with Crippen molar-refractivity contribution in [3.05, 3.63) is 108 Å². The van der Waals surface area contributed by atoms with Gasteiger partial charge in [0.1, 0.15) is 30.3 Å². The predicted octanol–water partition coefficient (Wildman–Crippen LogP) is 6.40. The van der Waals surface area contributed by atoms with Crippen LogP contribution >= 0.6 is 0 Å². The first kappa shape index (κ1) is 25.5. The zero-order chi connectivity index (χ0) is 25.4. The zero-order valence-corrected chi connectivity index (χ0v) is 19.6. The summed E-state index contributed by atoms with van der Waals surface area (Å²) in [6.45, 7) is 1.00. The fourth-order valence-electron chi connectivity index (χ4n) is 3.92. The van der Waals surface area contributed by atoms with Crippen LogP contribution in [0.3, 0.4) is 0 Å². The van der Waals surface area contributed by atoms with Crippen LogP contribution in [-0.4, -0.2) is 30.9 Å². The Balaban J connectivity index is 1.28. The lowest BCUT2D eigenvalue weighted by Gasteiger charge is -2.21. The lowest BCUT2D eigenvalue weighted by atomic mass is 10.1. The molecule has 0 spiro atoms. The average molecular weight is 496 g/mol. The van der Waals surface area contributed by atoms with Gasteiger partial charge in [-0.2, -0.15) is 13.2 Å². The topological polar surface area (TPSA) is 50.7 Å². The van der Waals surface area contributed by atoms with Crippen LogP contribution in [-0.2, 0) is 6.18 Å². The van der Waals surface area contributed by atoms with Crippen LogP contribution in [0.15, 0.2) is 97.1 Å². The summed E-state index contributed by atoms with van der Waals surface area (Å²) in [5.41, 5.74) is 0.200. The van der Waals surface area contributed by atoms with E-state index in [1.54, 1.807) is 0 Å². The van der Waals surface area contributed by atoms with Crippen LogP contribution in [0.4, 0.5) is 13.2 Å². The molecule has 0 aliphatic heterocycles. The molecule has 2 N–H and O–H groups in total. The zero-order valence-electron chi connectivity index (χ0n) is 19.6. The Labute approximate surface area is 208 Å². The van der Waals surface area contributed by atoms with Crippen molar-refractivity contribution in [2.24, 2.45) is 0 Å². The van der Waals surface area contributed by atoms with Crippen LogP contribution in [0.5, 0.6) is 11.5 Å². The third-order valence-electron chi connectivity index (χ3n) is 5.78. The van der Waals surface area contributed by atoms with Gasteiger partial charge in [0, 0.05) is 18.4 Å². The molecule has 0 bridgehead atoms. The first-order valence-corrected chi connectivity index (χ1v) is 11.8. The summed E-state index contributed by atoms with van der Waals surface area (Å²) >= 11 is 0. The van der Waals surface area contributed by atoms with Gasteiger partial charge in [0.05, 0.1) is 5.56 Å². The molecule has 4 aromatic rings. The minimum absolute atomic E-state index is 0.144.